The van der Waals surface area contributed by atoms with Gasteiger partial charge in [-0.05, 0) is 30.3 Å². The van der Waals surface area contributed by atoms with Crippen molar-refractivity contribution in [2.45, 2.75) is 4.90 Å². The van der Waals surface area contributed by atoms with Crippen LogP contribution in [0.2, 0.25) is 0 Å². The van der Waals surface area contributed by atoms with Gasteiger partial charge in [0.2, 0.25) is 0 Å². The van der Waals surface area contributed by atoms with Crippen molar-refractivity contribution in [2.75, 3.05) is 5.43 Å². The summed E-state index contributed by atoms with van der Waals surface area (Å²) in [6.45, 7) is 0. The first kappa shape index (κ1) is 13.3. The van der Waals surface area contributed by atoms with E-state index in [1.54, 1.807) is 30.3 Å². The summed E-state index contributed by atoms with van der Waals surface area (Å²) >= 11 is 0. The smallest absolute Gasteiger partial charge is 0.145 e. The fraction of sp³-hybridized carbons (Fsp3) is 0. The van der Waals surface area contributed by atoms with Gasteiger partial charge in [-0.3, -0.25) is 5.84 Å². The zero-order valence-electron chi connectivity index (χ0n) is 9.74. The molecule has 0 spiro atoms. The highest BCUT2D eigenvalue weighted by Gasteiger charge is 2.12. The molecule has 0 atom stereocenters. The van der Waals surface area contributed by atoms with Gasteiger partial charge in [-0.25, -0.2) is 8.42 Å². The Labute approximate surface area is 110 Å². The maximum atomic E-state index is 11.2. The normalized spacial score (nSPS) is 11.1. The second-order valence-corrected chi connectivity index (χ2v) is 5.02. The second kappa shape index (κ2) is 5.27. The van der Waals surface area contributed by atoms with Crippen LogP contribution < -0.4 is 16.0 Å². The van der Waals surface area contributed by atoms with Gasteiger partial charge in [-0.2, -0.15) is 0 Å². The molecule has 0 heterocycles. The molecule has 2 aromatic carbocycles. The van der Waals surface area contributed by atoms with Gasteiger partial charge in [-0.1, -0.05) is 18.2 Å². The number of nitrogens with two attached hydrogens (primary N) is 1. The van der Waals surface area contributed by atoms with Gasteiger partial charge in [0.1, 0.15) is 21.6 Å². The molecule has 0 saturated heterocycles. The fourth-order valence-electron chi connectivity index (χ4n) is 1.49. The van der Waals surface area contributed by atoms with Gasteiger partial charge >= 0.3 is 0 Å². The van der Waals surface area contributed by atoms with E-state index in [1.165, 1.54) is 12.1 Å². The van der Waals surface area contributed by atoms with E-state index in [-0.39, 0.29) is 5.75 Å². The number of hydrogen-bond acceptors (Lipinski definition) is 6. The number of benzene rings is 2. The lowest BCUT2D eigenvalue weighted by molar-refractivity contribution is 0.440. The van der Waals surface area contributed by atoms with E-state index in [9.17, 15) is 13.0 Å². The molecule has 2 aromatic rings. The third-order valence-electron chi connectivity index (χ3n) is 2.35. The number of nitrogen functional groups attached to an aromatic ring is 1. The lowest BCUT2D eigenvalue weighted by Crippen LogP contribution is -2.08. The third-order valence-corrected chi connectivity index (χ3v) is 3.21. The van der Waals surface area contributed by atoms with Crippen LogP contribution in [0, 0.1) is 0 Å². The molecule has 0 bridgehead atoms. The molecule has 0 unspecified atom stereocenters. The highest BCUT2D eigenvalue weighted by molar-refractivity contribution is 7.85. The number of rotatable bonds is 4. The van der Waals surface area contributed by atoms with Crippen LogP contribution in [-0.2, 0) is 10.1 Å². The van der Waals surface area contributed by atoms with Crippen LogP contribution in [0.3, 0.4) is 0 Å². The molecule has 0 aliphatic heterocycles. The Morgan fingerprint density at radius 3 is 2.37 bits per heavy atom. The average molecular weight is 279 g/mol. The first-order valence-corrected chi connectivity index (χ1v) is 6.71. The largest absolute Gasteiger partial charge is 0.744 e. The van der Waals surface area contributed by atoms with Crippen LogP contribution in [0.5, 0.6) is 11.5 Å². The van der Waals surface area contributed by atoms with Gasteiger partial charge < -0.3 is 14.7 Å². The summed E-state index contributed by atoms with van der Waals surface area (Å²) in [5.41, 5.74) is 2.57. The monoisotopic (exact) mass is 279 g/mol. The molecule has 0 aromatic heterocycles. The quantitative estimate of drug-likeness (QED) is 0.501. The molecular formula is C12H11N2O4S-. The highest BCUT2D eigenvalue weighted by atomic mass is 32.2. The molecule has 19 heavy (non-hydrogen) atoms. The van der Waals surface area contributed by atoms with Gasteiger partial charge in [0.05, 0.1) is 4.90 Å². The molecule has 0 aliphatic carbocycles. The zero-order chi connectivity index (χ0) is 13.9. The summed E-state index contributed by atoms with van der Waals surface area (Å²) in [5, 5.41) is 0. The minimum absolute atomic E-state index is 0.0415. The summed E-state index contributed by atoms with van der Waals surface area (Å²) in [7, 11) is -4.66. The van der Waals surface area contributed by atoms with Gasteiger partial charge in [-0.15, -0.1) is 0 Å². The summed E-state index contributed by atoms with van der Waals surface area (Å²) in [6, 6.07) is 12.6. The maximum absolute atomic E-state index is 11.2. The molecule has 6 nitrogen and oxygen atoms in total. The summed E-state index contributed by atoms with van der Waals surface area (Å²) in [6.07, 6.45) is 0. The Balaban J connectivity index is 2.46. The lowest BCUT2D eigenvalue weighted by Gasteiger charge is -2.15. The van der Waals surface area contributed by atoms with Crippen molar-refractivity contribution in [3.05, 3.63) is 48.5 Å². The fourth-order valence-corrected chi connectivity index (χ4v) is 2.12. The van der Waals surface area contributed by atoms with E-state index in [4.69, 9.17) is 10.6 Å². The summed E-state index contributed by atoms with van der Waals surface area (Å²) < 4.78 is 39.0. The summed E-state index contributed by atoms with van der Waals surface area (Å²) in [4.78, 5) is -0.466. The van der Waals surface area contributed by atoms with Crippen LogP contribution >= 0.6 is 0 Å². The molecule has 0 radical (unpaired) electrons. The Hall–Kier alpha value is -2.09. The van der Waals surface area contributed by atoms with E-state index in [0.717, 1.165) is 6.07 Å². The van der Waals surface area contributed by atoms with Crippen LogP contribution in [-0.4, -0.2) is 13.0 Å². The lowest BCUT2D eigenvalue weighted by atomic mass is 10.3. The molecular weight excluding hydrogens is 268 g/mol. The van der Waals surface area contributed by atoms with E-state index in [2.05, 4.69) is 5.43 Å². The highest BCUT2D eigenvalue weighted by Crippen LogP contribution is 2.30. The van der Waals surface area contributed by atoms with Gasteiger partial charge in [0, 0.05) is 5.69 Å². The van der Waals surface area contributed by atoms with Crippen molar-refractivity contribution in [1.29, 1.82) is 0 Å². The predicted molar refractivity (Wildman–Crippen MR) is 68.7 cm³/mol. The summed E-state index contributed by atoms with van der Waals surface area (Å²) in [5.74, 6) is 5.57. The third kappa shape index (κ3) is 3.22. The standard InChI is InChI=1S/C12H12N2O4S/c13-14-9-6-7-11(12(8-9)19(15,16)17)18-10-4-2-1-3-5-10/h1-8,14H,13H2,(H,15,16,17)/p-1. The molecule has 0 amide bonds. The topological polar surface area (TPSA) is 104 Å². The number of hydrogen-bond donors (Lipinski definition) is 2. The van der Waals surface area contributed by atoms with E-state index < -0.39 is 15.0 Å². The predicted octanol–water partition coefficient (Wildman–Crippen LogP) is 1.67. The number of nitrogens with one attached hydrogen (secondary N) is 1. The molecule has 3 N–H and O–H groups in total. The number of para-hydroxylation sites is 1. The molecule has 0 fully saturated rings. The molecule has 7 heteroatoms. The molecule has 2 rings (SSSR count). The molecule has 100 valence electrons. The minimum atomic E-state index is -4.66. The Kier molecular flexibility index (Phi) is 3.70. The van der Waals surface area contributed by atoms with Gasteiger partial charge in [0.15, 0.2) is 0 Å². The van der Waals surface area contributed by atoms with Crippen LogP contribution in [0.1, 0.15) is 0 Å². The van der Waals surface area contributed by atoms with Crippen molar-refractivity contribution < 1.29 is 17.7 Å². The van der Waals surface area contributed by atoms with Crippen molar-refractivity contribution in [2.24, 2.45) is 5.84 Å². The maximum Gasteiger partial charge on any atom is 0.145 e. The Morgan fingerprint density at radius 2 is 1.79 bits per heavy atom. The average Bonchev–Trinajstić information content (AvgIpc) is 2.39. The first-order valence-electron chi connectivity index (χ1n) is 5.30. The van der Waals surface area contributed by atoms with Crippen molar-refractivity contribution in [3.8, 4) is 11.5 Å². The second-order valence-electron chi connectivity index (χ2n) is 3.68. The first-order chi connectivity index (χ1) is 9.00. The van der Waals surface area contributed by atoms with E-state index >= 15 is 0 Å². The Bertz CT molecular complexity index is 671. The van der Waals surface area contributed by atoms with Gasteiger partial charge in [0.25, 0.3) is 0 Å². The van der Waals surface area contributed by atoms with E-state index in [1.807, 2.05) is 0 Å². The van der Waals surface area contributed by atoms with Crippen LogP contribution in [0.25, 0.3) is 0 Å². The molecule has 0 aliphatic rings. The number of anilines is 1. The number of ether oxygens (including phenoxy) is 1. The Morgan fingerprint density at radius 1 is 1.11 bits per heavy atom. The van der Waals surface area contributed by atoms with Crippen molar-refractivity contribution in [3.63, 3.8) is 0 Å². The van der Waals surface area contributed by atoms with Crippen molar-refractivity contribution in [1.82, 2.24) is 0 Å². The van der Waals surface area contributed by atoms with Crippen molar-refractivity contribution >= 4 is 15.8 Å². The van der Waals surface area contributed by atoms with Crippen LogP contribution in [0.15, 0.2) is 53.4 Å². The zero-order valence-corrected chi connectivity index (χ0v) is 10.6. The van der Waals surface area contributed by atoms with Crippen LogP contribution in [0.4, 0.5) is 5.69 Å². The number of hydrazine groups is 1. The van der Waals surface area contributed by atoms with E-state index in [0.29, 0.717) is 11.4 Å². The minimum Gasteiger partial charge on any atom is -0.744 e. The molecule has 0 saturated carbocycles. The SMILES string of the molecule is NNc1ccc(Oc2ccccc2)c(S(=O)(=O)[O-])c1.